The molecule has 1 atom stereocenters. The van der Waals surface area contributed by atoms with Gasteiger partial charge in [-0.25, -0.2) is 4.98 Å². The van der Waals surface area contributed by atoms with E-state index in [9.17, 15) is 4.21 Å². The minimum Gasteiger partial charge on any atom is -0.497 e. The molecule has 120 valence electrons. The molecule has 7 heteroatoms. The fraction of sp³-hybridized carbons (Fsp3) is 0.250. The van der Waals surface area contributed by atoms with E-state index in [1.54, 1.807) is 0 Å². The summed E-state index contributed by atoms with van der Waals surface area (Å²) in [5, 5.41) is -0.0769. The number of nitrogens with one attached hydrogen (secondary N) is 1. The van der Waals surface area contributed by atoms with Gasteiger partial charge in [0.05, 0.1) is 58.3 Å². The van der Waals surface area contributed by atoms with Gasteiger partial charge in [0.1, 0.15) is 11.5 Å². The number of benzene rings is 1. The molecular weight excluding hydrogens is 314 g/mol. The molecule has 1 N–H and O–H groups in total. The van der Waals surface area contributed by atoms with Gasteiger partial charge in [-0.05, 0) is 19.0 Å². The molecule has 1 unspecified atom stereocenters. The topological polar surface area (TPSA) is 77.1 Å². The maximum absolute atomic E-state index is 12.9. The quantitative estimate of drug-likeness (QED) is 0.771. The predicted molar refractivity (Wildman–Crippen MR) is 88.3 cm³/mol. The average molecular weight is 342 g/mol. The van der Waals surface area contributed by atoms with Crippen molar-refractivity contribution in [3.05, 3.63) is 41.7 Å². The SMILES string of the molecule is [2H]c1nc(CS(=O)c2nc3ccc(OC([2H])([2H])[2H])cc3[nH]2)c([2H])c(OC([2H])([2H])[2H])c1C([2H])([2H])[2H]. The zero-order chi connectivity index (χ0) is 25.6. The lowest BCUT2D eigenvalue weighted by molar-refractivity contribution is 0.410. The van der Waals surface area contributed by atoms with Gasteiger partial charge in [-0.1, -0.05) is 0 Å². The van der Waals surface area contributed by atoms with Gasteiger partial charge >= 0.3 is 0 Å². The highest BCUT2D eigenvalue weighted by molar-refractivity contribution is 7.84. The van der Waals surface area contributed by atoms with E-state index in [1.165, 1.54) is 18.2 Å². The van der Waals surface area contributed by atoms with Crippen molar-refractivity contribution in [2.45, 2.75) is 17.8 Å². The smallest absolute Gasteiger partial charge is 0.197 e. The van der Waals surface area contributed by atoms with Gasteiger partial charge in [-0.15, -0.1) is 0 Å². The molecule has 2 heterocycles. The van der Waals surface area contributed by atoms with Crippen molar-refractivity contribution in [2.75, 3.05) is 14.1 Å². The second-order valence-corrected chi connectivity index (χ2v) is 5.78. The van der Waals surface area contributed by atoms with Gasteiger partial charge in [-0.2, -0.15) is 0 Å². The van der Waals surface area contributed by atoms with E-state index in [4.69, 9.17) is 24.6 Å². The first-order valence-electron chi connectivity index (χ1n) is 11.7. The fourth-order valence-corrected chi connectivity index (χ4v) is 2.82. The number of ether oxygens (including phenoxy) is 2. The number of hydrogen-bond donors (Lipinski definition) is 1. The molecule has 3 rings (SSSR count). The second kappa shape index (κ2) is 6.37. The van der Waals surface area contributed by atoms with Crippen LogP contribution in [-0.2, 0) is 16.6 Å². The van der Waals surface area contributed by atoms with E-state index in [0.717, 1.165) is 0 Å². The normalized spacial score (nSPS) is 21.0. The molecule has 0 saturated carbocycles. The van der Waals surface area contributed by atoms with Crippen LogP contribution in [0.15, 0.2) is 35.6 Å². The van der Waals surface area contributed by atoms with Crippen molar-refractivity contribution in [3.8, 4) is 11.5 Å². The molecule has 0 aliphatic rings. The highest BCUT2D eigenvalue weighted by Gasteiger charge is 2.13. The van der Waals surface area contributed by atoms with Crippen molar-refractivity contribution in [1.29, 1.82) is 0 Å². The number of fused-ring (bicyclic) bond motifs is 1. The van der Waals surface area contributed by atoms with E-state index in [-0.39, 0.29) is 16.6 Å². The zero-order valence-electron chi connectivity index (χ0n) is 22.5. The Morgan fingerprint density at radius 1 is 1.39 bits per heavy atom. The van der Waals surface area contributed by atoms with Crippen LogP contribution >= 0.6 is 0 Å². The standard InChI is InChI=1S/C16H17N3O3S/c1-10-8-17-11(6-15(10)22-3)9-23(20)16-18-13-5-4-12(21-2)7-14(13)19-16/h4-8H,9H2,1-3H3,(H,18,19)/i1D3,2D3,3D3,6D,8D. The van der Waals surface area contributed by atoms with Crippen LogP contribution in [0, 0.1) is 6.85 Å². The van der Waals surface area contributed by atoms with Crippen molar-refractivity contribution < 1.29 is 28.8 Å². The predicted octanol–water partition coefficient (Wildman–Crippen LogP) is 2.59. The first kappa shape index (κ1) is 7.00. The van der Waals surface area contributed by atoms with Crippen LogP contribution in [0.4, 0.5) is 0 Å². The lowest BCUT2D eigenvalue weighted by Gasteiger charge is -2.06. The number of H-pyrrole nitrogens is 1. The molecule has 0 amide bonds. The molecule has 23 heavy (non-hydrogen) atoms. The molecule has 0 aliphatic heterocycles. The second-order valence-electron chi connectivity index (χ2n) is 4.41. The molecule has 0 fully saturated rings. The summed E-state index contributed by atoms with van der Waals surface area (Å²) in [6, 6.07) is 3.43. The molecular formula is C16H17N3O3S. The maximum atomic E-state index is 12.9. The van der Waals surface area contributed by atoms with Gasteiger partial charge < -0.3 is 14.5 Å². The summed E-state index contributed by atoms with van der Waals surface area (Å²) in [6.07, 6.45) is -0.835. The molecule has 2 aromatic heterocycles. The summed E-state index contributed by atoms with van der Waals surface area (Å²) in [4.78, 5) is 10.6. The summed E-state index contributed by atoms with van der Waals surface area (Å²) in [5.74, 6) is -1.35. The Morgan fingerprint density at radius 3 is 3.13 bits per heavy atom. The van der Waals surface area contributed by atoms with Crippen molar-refractivity contribution in [2.24, 2.45) is 0 Å². The molecule has 0 saturated heterocycles. The van der Waals surface area contributed by atoms with Crippen molar-refractivity contribution in [1.82, 2.24) is 15.0 Å². The third-order valence-corrected chi connectivity index (χ3v) is 4.08. The summed E-state index contributed by atoms with van der Waals surface area (Å²) in [5.41, 5.74) is -0.517. The number of aromatic nitrogens is 3. The van der Waals surface area contributed by atoms with Crippen LogP contribution in [0.25, 0.3) is 11.0 Å². The third-order valence-electron chi connectivity index (χ3n) is 2.92. The lowest BCUT2D eigenvalue weighted by Crippen LogP contribution is -2.01. The number of aromatic amines is 1. The molecule has 0 aliphatic carbocycles. The van der Waals surface area contributed by atoms with Crippen molar-refractivity contribution in [3.63, 3.8) is 0 Å². The summed E-state index contributed by atoms with van der Waals surface area (Å²) < 4.78 is 104. The van der Waals surface area contributed by atoms with Gasteiger partial charge in [0, 0.05) is 28.0 Å². The Kier molecular flexibility index (Phi) is 1.94. The zero-order valence-corrected chi connectivity index (χ0v) is 12.3. The number of rotatable bonds is 5. The van der Waals surface area contributed by atoms with Gasteiger partial charge in [0.2, 0.25) is 0 Å². The third kappa shape index (κ3) is 3.19. The van der Waals surface area contributed by atoms with Crippen LogP contribution < -0.4 is 9.47 Å². The fourth-order valence-electron chi connectivity index (χ4n) is 1.87. The van der Waals surface area contributed by atoms with Crippen molar-refractivity contribution >= 4 is 21.8 Å². The van der Waals surface area contributed by atoms with Crippen LogP contribution in [0.3, 0.4) is 0 Å². The Balaban J connectivity index is 1.97. The molecule has 0 spiro atoms. The monoisotopic (exact) mass is 342 g/mol. The molecule has 0 radical (unpaired) electrons. The number of nitrogens with zero attached hydrogens (tertiary/aromatic N) is 2. The van der Waals surface area contributed by atoms with Gasteiger partial charge in [0.15, 0.2) is 5.16 Å². The largest absolute Gasteiger partial charge is 0.497 e. The number of pyridine rings is 1. The first-order valence-corrected chi connectivity index (χ1v) is 7.53. The summed E-state index contributed by atoms with van der Waals surface area (Å²) in [7, 11) is -7.76. The summed E-state index contributed by atoms with van der Waals surface area (Å²) in [6.45, 7) is -2.98. The molecule has 0 bridgehead atoms. The average Bonchev–Trinajstić information content (AvgIpc) is 3.05. The van der Waals surface area contributed by atoms with E-state index >= 15 is 0 Å². The Labute approximate surface area is 151 Å². The first-order chi connectivity index (χ1) is 15.4. The number of hydrogen-bond acceptors (Lipinski definition) is 5. The molecule has 6 nitrogen and oxygen atoms in total. The van der Waals surface area contributed by atoms with Crippen LogP contribution in [0.5, 0.6) is 11.5 Å². The van der Waals surface area contributed by atoms with Gasteiger partial charge in [-0.3, -0.25) is 9.19 Å². The maximum Gasteiger partial charge on any atom is 0.197 e. The lowest BCUT2D eigenvalue weighted by atomic mass is 10.2. The highest BCUT2D eigenvalue weighted by Crippen LogP contribution is 2.22. The van der Waals surface area contributed by atoms with Crippen LogP contribution in [-0.4, -0.2) is 33.2 Å². The Bertz CT molecular complexity index is 1250. The molecule has 1 aromatic carbocycles. The minimum absolute atomic E-state index is 0.0224. The Hall–Kier alpha value is -2.41. The number of imidazole rings is 1. The highest BCUT2D eigenvalue weighted by atomic mass is 32.2. The van der Waals surface area contributed by atoms with Gasteiger partial charge in [0.25, 0.3) is 0 Å². The van der Waals surface area contributed by atoms with E-state index in [1.807, 2.05) is 0 Å². The van der Waals surface area contributed by atoms with E-state index in [0.29, 0.717) is 11.0 Å². The number of methoxy groups -OCH3 is 2. The van der Waals surface area contributed by atoms with Crippen LogP contribution in [0.1, 0.15) is 26.3 Å². The minimum atomic E-state index is -3.10. The van der Waals surface area contributed by atoms with Crippen LogP contribution in [0.2, 0.25) is 0 Å². The molecule has 3 aromatic rings. The van der Waals surface area contributed by atoms with E-state index in [2.05, 4.69) is 15.0 Å². The summed E-state index contributed by atoms with van der Waals surface area (Å²) >= 11 is 0. The van der Waals surface area contributed by atoms with E-state index < -0.39 is 61.0 Å². The Morgan fingerprint density at radius 2 is 2.30 bits per heavy atom.